The minimum absolute atomic E-state index is 0. The number of nitrogens with one attached hydrogen (secondary N) is 1. The van der Waals surface area contributed by atoms with Crippen molar-refractivity contribution in [3.63, 3.8) is 0 Å². The summed E-state index contributed by atoms with van der Waals surface area (Å²) in [7, 11) is -4.90. The first-order chi connectivity index (χ1) is 11.3. The summed E-state index contributed by atoms with van der Waals surface area (Å²) >= 11 is 0. The molecule has 1 aromatic carbocycles. The number of amides is 3. The van der Waals surface area contributed by atoms with Crippen LogP contribution < -0.4 is 10.9 Å². The zero-order valence-corrected chi connectivity index (χ0v) is 14.4. The maximum absolute atomic E-state index is 12.4. The van der Waals surface area contributed by atoms with Crippen molar-refractivity contribution in [2.45, 2.75) is 31.5 Å². The van der Waals surface area contributed by atoms with E-state index in [0.29, 0.717) is 6.42 Å². The van der Waals surface area contributed by atoms with Gasteiger partial charge >= 0.3 is 6.03 Å². The molecule has 3 rings (SSSR count). The van der Waals surface area contributed by atoms with E-state index in [2.05, 4.69) is 0 Å². The number of hydrogen-bond donors (Lipinski definition) is 2. The highest BCUT2D eigenvalue weighted by Crippen LogP contribution is 2.30. The lowest BCUT2D eigenvalue weighted by atomic mass is 10.0. The van der Waals surface area contributed by atoms with Crippen molar-refractivity contribution in [3.05, 3.63) is 35.9 Å². The Bertz CT molecular complexity index is 741. The maximum Gasteiger partial charge on any atom is 0.345 e. The smallest absolute Gasteiger partial charge is 0.345 e. The molecule has 138 valence electrons. The third-order valence-electron chi connectivity index (χ3n) is 4.06. The van der Waals surface area contributed by atoms with Crippen LogP contribution in [-0.2, 0) is 26.5 Å². The molecule has 2 heterocycles. The summed E-state index contributed by atoms with van der Waals surface area (Å²) < 4.78 is 33.4. The van der Waals surface area contributed by atoms with E-state index in [1.807, 2.05) is 30.3 Å². The summed E-state index contributed by atoms with van der Waals surface area (Å²) in [4.78, 5) is 31.1. The number of quaternary nitrogens is 1. The molecule has 2 saturated heterocycles. The van der Waals surface area contributed by atoms with Crippen LogP contribution in [0.2, 0.25) is 0 Å². The van der Waals surface area contributed by atoms with Crippen LogP contribution in [0.5, 0.6) is 0 Å². The van der Waals surface area contributed by atoms with E-state index < -0.39 is 28.3 Å². The molecule has 2 fully saturated rings. The summed E-state index contributed by atoms with van der Waals surface area (Å²) in [5.74, 6) is -0.985. The molecule has 10 nitrogen and oxygen atoms in total. The molecule has 2 aliphatic rings. The van der Waals surface area contributed by atoms with Crippen molar-refractivity contribution in [2.24, 2.45) is 0 Å². The van der Waals surface area contributed by atoms with Crippen LogP contribution >= 0.6 is 0 Å². The number of hydroxylamine groups is 2. The largest absolute Gasteiger partial charge is 0.731 e. The van der Waals surface area contributed by atoms with Crippen LogP contribution in [0.25, 0.3) is 0 Å². The zero-order chi connectivity index (χ0) is 17.3. The summed E-state index contributed by atoms with van der Waals surface area (Å²) in [6.45, 7) is 0.466. The molecular formula is C14H20N4O6S. The minimum atomic E-state index is -4.90. The first-order valence-electron chi connectivity index (χ1n) is 7.39. The van der Waals surface area contributed by atoms with Gasteiger partial charge < -0.3 is 15.6 Å². The Morgan fingerprint density at radius 2 is 1.96 bits per heavy atom. The highest BCUT2D eigenvalue weighted by atomic mass is 32.2. The molecule has 0 aromatic heterocycles. The molecule has 0 radical (unpaired) electrons. The molecule has 3 amide bonds. The number of fused-ring (bicyclic) bond motifs is 2. The summed E-state index contributed by atoms with van der Waals surface area (Å²) in [5, 5.41) is 1.23. The van der Waals surface area contributed by atoms with Crippen molar-refractivity contribution >= 4 is 22.2 Å². The van der Waals surface area contributed by atoms with Crippen molar-refractivity contribution < 1.29 is 27.4 Å². The number of benzene rings is 1. The van der Waals surface area contributed by atoms with Gasteiger partial charge in [0.05, 0.1) is 6.04 Å². The molecule has 0 saturated carbocycles. The lowest BCUT2D eigenvalue weighted by molar-refractivity contribution is -0.140. The lowest BCUT2D eigenvalue weighted by Crippen LogP contribution is -2.50. The van der Waals surface area contributed by atoms with Crippen LogP contribution in [0.15, 0.2) is 30.3 Å². The second-order valence-electron chi connectivity index (χ2n) is 5.69. The van der Waals surface area contributed by atoms with Gasteiger partial charge in [0.2, 0.25) is 0 Å². The number of carbonyl (C=O) groups excluding carboxylic acids is 2. The summed E-state index contributed by atoms with van der Waals surface area (Å²) in [6.07, 6.45) is 0.747. The Kier molecular flexibility index (Phi) is 5.62. The Morgan fingerprint density at radius 1 is 1.28 bits per heavy atom. The van der Waals surface area contributed by atoms with Crippen LogP contribution in [0.1, 0.15) is 18.4 Å². The summed E-state index contributed by atoms with van der Waals surface area (Å²) in [5.41, 5.74) is 0.897. The molecule has 0 aliphatic carbocycles. The molecule has 5 N–H and O–H groups in total. The Balaban J connectivity index is 0.00000225. The number of piperidine rings is 1. The van der Waals surface area contributed by atoms with Gasteiger partial charge in [-0.3, -0.25) is 14.4 Å². The highest BCUT2D eigenvalue weighted by molar-refractivity contribution is 7.84. The highest BCUT2D eigenvalue weighted by Gasteiger charge is 2.48. The third kappa shape index (κ3) is 4.25. The van der Waals surface area contributed by atoms with Gasteiger partial charge in [0.25, 0.3) is 5.91 Å². The normalized spacial score (nSPS) is 22.5. The fourth-order valence-corrected chi connectivity index (χ4v) is 3.36. The second-order valence-corrected chi connectivity index (χ2v) is 6.80. The minimum Gasteiger partial charge on any atom is -0.731 e. The van der Waals surface area contributed by atoms with E-state index in [-0.39, 0.29) is 31.8 Å². The van der Waals surface area contributed by atoms with Gasteiger partial charge in [-0.05, 0) is 18.4 Å². The number of nitrogens with zero attached hydrogens (tertiary/aromatic N) is 2. The molecular weight excluding hydrogens is 352 g/mol. The predicted octanol–water partition coefficient (Wildman–Crippen LogP) is 0.339. The van der Waals surface area contributed by atoms with E-state index in [1.54, 1.807) is 0 Å². The van der Waals surface area contributed by atoms with Crippen molar-refractivity contribution in [1.29, 1.82) is 0 Å². The number of carbonyl (C=O) groups is 2. The Hall–Kier alpha value is -2.21. The van der Waals surface area contributed by atoms with E-state index in [9.17, 15) is 22.6 Å². The van der Waals surface area contributed by atoms with Gasteiger partial charge in [-0.15, -0.1) is 0 Å². The topological polar surface area (TPSA) is 156 Å². The Morgan fingerprint density at radius 3 is 2.60 bits per heavy atom. The third-order valence-corrected chi connectivity index (χ3v) is 4.52. The van der Waals surface area contributed by atoms with E-state index in [1.165, 1.54) is 14.7 Å². The van der Waals surface area contributed by atoms with Gasteiger partial charge in [-0.1, -0.05) is 30.3 Å². The van der Waals surface area contributed by atoms with Crippen LogP contribution in [0, 0.1) is 0 Å². The number of urea groups is 1. The van der Waals surface area contributed by atoms with Crippen LogP contribution in [0.4, 0.5) is 4.79 Å². The fourth-order valence-electron chi connectivity index (χ4n) is 2.98. The average molecular weight is 372 g/mol. The molecule has 0 unspecified atom stereocenters. The Labute approximate surface area is 145 Å². The van der Waals surface area contributed by atoms with E-state index >= 15 is 0 Å². The van der Waals surface area contributed by atoms with Gasteiger partial charge in [0.1, 0.15) is 12.6 Å². The molecule has 0 spiro atoms. The van der Waals surface area contributed by atoms with Crippen LogP contribution in [-0.4, -0.2) is 53.5 Å². The SMILES string of the molecule is O=C(NS(=O)(=O)[O-])[C@@H]1CC[C@@H]2CN1C(=O)N2OCc1ccccc1.[NH4+]. The average Bonchev–Trinajstić information content (AvgIpc) is 2.76. The first-order valence-corrected chi connectivity index (χ1v) is 8.80. The number of rotatable bonds is 5. The second kappa shape index (κ2) is 7.35. The first kappa shape index (κ1) is 19.1. The van der Waals surface area contributed by atoms with E-state index in [4.69, 9.17) is 4.84 Å². The molecule has 2 atom stereocenters. The van der Waals surface area contributed by atoms with E-state index in [0.717, 1.165) is 5.56 Å². The fraction of sp³-hybridized carbons (Fsp3) is 0.429. The monoisotopic (exact) mass is 372 g/mol. The van der Waals surface area contributed by atoms with Gasteiger partial charge in [0, 0.05) is 6.54 Å². The van der Waals surface area contributed by atoms with Gasteiger partial charge in [-0.25, -0.2) is 13.2 Å². The van der Waals surface area contributed by atoms with Crippen molar-refractivity contribution in [2.75, 3.05) is 6.54 Å². The predicted molar refractivity (Wildman–Crippen MR) is 85.8 cm³/mol. The molecule has 25 heavy (non-hydrogen) atoms. The molecule has 11 heteroatoms. The zero-order valence-electron chi connectivity index (χ0n) is 13.6. The molecule has 1 aromatic rings. The van der Waals surface area contributed by atoms with Crippen LogP contribution in [0.3, 0.4) is 0 Å². The maximum atomic E-state index is 12.4. The van der Waals surface area contributed by atoms with Gasteiger partial charge in [0.15, 0.2) is 10.3 Å². The number of hydrogen-bond acceptors (Lipinski definition) is 6. The van der Waals surface area contributed by atoms with Crippen molar-refractivity contribution in [3.8, 4) is 0 Å². The molecule has 2 aliphatic heterocycles. The molecule has 2 bridgehead atoms. The summed E-state index contributed by atoms with van der Waals surface area (Å²) in [6, 6.07) is 7.63. The van der Waals surface area contributed by atoms with Gasteiger partial charge in [-0.2, -0.15) is 5.06 Å². The quantitative estimate of drug-likeness (QED) is 0.710. The standard InChI is InChI=1S/C14H17N3O6S.H3N/c18-13(15-24(20,21)22)12-7-6-11-8-16(12)14(19)17(11)23-9-10-4-2-1-3-5-10;/h1-5,11-12H,6-9H2,(H,15,18)(H,20,21,22);1H3/t11-,12+;/m1./s1. The van der Waals surface area contributed by atoms with Crippen molar-refractivity contribution in [1.82, 2.24) is 20.8 Å². The lowest BCUT2D eigenvalue weighted by Gasteiger charge is -2.29.